The van der Waals surface area contributed by atoms with E-state index in [0.717, 1.165) is 0 Å². The van der Waals surface area contributed by atoms with Crippen LogP contribution in [0.3, 0.4) is 0 Å². The number of carboxylic acids is 1. The Morgan fingerprint density at radius 2 is 2.15 bits per heavy atom. The standard InChI is InChI=1S/C13H12N2O4S/c1-2-6-15(9-13(16)17)20(18,19)10-12-5-3-4-11(7-12)8-14/h1,3-5,7H,6,9-10H2,(H,16,17). The van der Waals surface area contributed by atoms with E-state index in [1.54, 1.807) is 18.2 Å². The van der Waals surface area contributed by atoms with Crippen LogP contribution in [0.1, 0.15) is 11.1 Å². The van der Waals surface area contributed by atoms with Crippen LogP contribution in [0.4, 0.5) is 0 Å². The Morgan fingerprint density at radius 3 is 2.70 bits per heavy atom. The maximum atomic E-state index is 12.1. The van der Waals surface area contributed by atoms with Gasteiger partial charge in [-0.25, -0.2) is 8.42 Å². The van der Waals surface area contributed by atoms with Crippen molar-refractivity contribution in [2.45, 2.75) is 5.75 Å². The number of nitriles is 1. The first kappa shape index (κ1) is 15.7. The van der Waals surface area contributed by atoms with E-state index < -0.39 is 28.3 Å². The maximum Gasteiger partial charge on any atom is 0.318 e. The van der Waals surface area contributed by atoms with E-state index in [9.17, 15) is 13.2 Å². The second-order valence-corrected chi connectivity index (χ2v) is 5.90. The minimum atomic E-state index is -3.86. The molecule has 1 aromatic rings. The number of carboxylic acid groups (broad SMARTS) is 1. The smallest absolute Gasteiger partial charge is 0.318 e. The largest absolute Gasteiger partial charge is 0.480 e. The predicted octanol–water partition coefficient (Wildman–Crippen LogP) is 0.408. The zero-order valence-electron chi connectivity index (χ0n) is 10.5. The van der Waals surface area contributed by atoms with Crippen molar-refractivity contribution in [3.05, 3.63) is 35.4 Å². The molecule has 20 heavy (non-hydrogen) atoms. The average molecular weight is 292 g/mol. The van der Waals surface area contributed by atoms with Crippen molar-refractivity contribution < 1.29 is 18.3 Å². The number of rotatable bonds is 6. The van der Waals surface area contributed by atoms with E-state index in [1.165, 1.54) is 6.07 Å². The Labute approximate surface area is 117 Å². The van der Waals surface area contributed by atoms with Crippen LogP contribution in [-0.2, 0) is 20.6 Å². The number of hydrogen-bond acceptors (Lipinski definition) is 4. The molecule has 104 valence electrons. The summed E-state index contributed by atoms with van der Waals surface area (Å²) in [5.74, 6) is 0.431. The van der Waals surface area contributed by atoms with Gasteiger partial charge < -0.3 is 5.11 Å². The zero-order valence-corrected chi connectivity index (χ0v) is 11.3. The highest BCUT2D eigenvalue weighted by Crippen LogP contribution is 2.12. The monoisotopic (exact) mass is 292 g/mol. The lowest BCUT2D eigenvalue weighted by Crippen LogP contribution is -2.36. The first-order valence-corrected chi connectivity index (χ1v) is 7.12. The Balaban J connectivity index is 3.00. The van der Waals surface area contributed by atoms with Crippen LogP contribution in [0.5, 0.6) is 0 Å². The summed E-state index contributed by atoms with van der Waals surface area (Å²) in [5, 5.41) is 17.5. The molecule has 0 aliphatic carbocycles. The van der Waals surface area contributed by atoms with Crippen molar-refractivity contribution in [2.24, 2.45) is 0 Å². The first-order valence-electron chi connectivity index (χ1n) is 5.51. The van der Waals surface area contributed by atoms with E-state index >= 15 is 0 Å². The first-order chi connectivity index (χ1) is 9.39. The molecule has 0 amide bonds. The van der Waals surface area contributed by atoms with Gasteiger partial charge in [-0.2, -0.15) is 9.57 Å². The van der Waals surface area contributed by atoms with Gasteiger partial charge in [-0.15, -0.1) is 6.42 Å². The molecule has 7 heteroatoms. The molecule has 0 aliphatic rings. The molecule has 0 aromatic heterocycles. The van der Waals surface area contributed by atoms with Gasteiger partial charge in [0.15, 0.2) is 0 Å². The summed E-state index contributed by atoms with van der Waals surface area (Å²) < 4.78 is 24.9. The third kappa shape index (κ3) is 4.39. The summed E-state index contributed by atoms with van der Waals surface area (Å²) in [6.45, 7) is -1.00. The van der Waals surface area contributed by atoms with Crippen LogP contribution < -0.4 is 0 Å². The fourth-order valence-electron chi connectivity index (χ4n) is 1.54. The van der Waals surface area contributed by atoms with Gasteiger partial charge in [-0.3, -0.25) is 4.79 Å². The van der Waals surface area contributed by atoms with Crippen LogP contribution in [0, 0.1) is 23.7 Å². The fourth-order valence-corrected chi connectivity index (χ4v) is 2.90. The van der Waals surface area contributed by atoms with E-state index in [0.29, 0.717) is 15.4 Å². The molecular weight excluding hydrogens is 280 g/mol. The summed E-state index contributed by atoms with van der Waals surface area (Å²) in [5.41, 5.74) is 0.732. The normalized spacial score (nSPS) is 10.8. The number of sulfonamides is 1. The average Bonchev–Trinajstić information content (AvgIpc) is 2.37. The van der Waals surface area contributed by atoms with Crippen LogP contribution in [0.15, 0.2) is 24.3 Å². The summed E-state index contributed by atoms with van der Waals surface area (Å²) >= 11 is 0. The summed E-state index contributed by atoms with van der Waals surface area (Å²) in [4.78, 5) is 10.7. The third-order valence-electron chi connectivity index (χ3n) is 2.38. The minimum Gasteiger partial charge on any atom is -0.480 e. The molecule has 0 fully saturated rings. The maximum absolute atomic E-state index is 12.1. The molecule has 0 bridgehead atoms. The second kappa shape index (κ2) is 6.71. The van der Waals surface area contributed by atoms with Gasteiger partial charge in [0.25, 0.3) is 0 Å². The molecule has 1 aromatic carbocycles. The SMILES string of the molecule is C#CCN(CC(=O)O)S(=O)(=O)Cc1cccc(C#N)c1. The molecule has 0 heterocycles. The molecule has 0 saturated heterocycles. The lowest BCUT2D eigenvalue weighted by molar-refractivity contribution is -0.137. The van der Waals surface area contributed by atoms with Crippen molar-refractivity contribution in [1.82, 2.24) is 4.31 Å². The van der Waals surface area contributed by atoms with Crippen LogP contribution in [0.2, 0.25) is 0 Å². The number of benzene rings is 1. The molecule has 0 radical (unpaired) electrons. The lowest BCUT2D eigenvalue weighted by atomic mass is 10.2. The Kier molecular flexibility index (Phi) is 5.27. The molecule has 0 unspecified atom stereocenters. The zero-order chi connectivity index (χ0) is 15.2. The molecule has 1 rings (SSSR count). The van der Waals surface area contributed by atoms with Crippen LogP contribution in [0.25, 0.3) is 0 Å². The number of carbonyl (C=O) groups is 1. The van der Waals surface area contributed by atoms with E-state index in [-0.39, 0.29) is 6.54 Å². The van der Waals surface area contributed by atoms with Gasteiger partial charge in [0.2, 0.25) is 10.0 Å². The van der Waals surface area contributed by atoms with Gasteiger partial charge in [0.1, 0.15) is 6.54 Å². The Morgan fingerprint density at radius 1 is 1.45 bits per heavy atom. The summed E-state index contributed by atoms with van der Waals surface area (Å²) in [6, 6.07) is 8.00. The van der Waals surface area contributed by atoms with Gasteiger partial charge >= 0.3 is 5.97 Å². The van der Waals surface area contributed by atoms with Crippen molar-refractivity contribution in [2.75, 3.05) is 13.1 Å². The van der Waals surface area contributed by atoms with E-state index in [2.05, 4.69) is 5.92 Å². The fraction of sp³-hybridized carbons (Fsp3) is 0.231. The van der Waals surface area contributed by atoms with Gasteiger partial charge in [0, 0.05) is 0 Å². The van der Waals surface area contributed by atoms with Crippen molar-refractivity contribution in [1.29, 1.82) is 5.26 Å². The van der Waals surface area contributed by atoms with Gasteiger partial charge in [-0.1, -0.05) is 18.1 Å². The summed E-state index contributed by atoms with van der Waals surface area (Å²) in [6.07, 6.45) is 5.05. The Hall–Kier alpha value is -2.35. The van der Waals surface area contributed by atoms with E-state index in [1.807, 2.05) is 6.07 Å². The van der Waals surface area contributed by atoms with Gasteiger partial charge in [-0.05, 0) is 17.7 Å². The number of aliphatic carboxylic acids is 1. The number of terminal acetylenes is 1. The molecule has 6 nitrogen and oxygen atoms in total. The highest BCUT2D eigenvalue weighted by Gasteiger charge is 2.24. The van der Waals surface area contributed by atoms with Crippen molar-refractivity contribution >= 4 is 16.0 Å². The third-order valence-corrected chi connectivity index (χ3v) is 4.12. The highest BCUT2D eigenvalue weighted by molar-refractivity contribution is 7.88. The van der Waals surface area contributed by atoms with Crippen molar-refractivity contribution in [3.8, 4) is 18.4 Å². The molecule has 0 saturated carbocycles. The highest BCUT2D eigenvalue weighted by atomic mass is 32.2. The second-order valence-electron chi connectivity index (χ2n) is 3.93. The summed E-state index contributed by atoms with van der Waals surface area (Å²) in [7, 11) is -3.86. The number of nitrogens with zero attached hydrogens (tertiary/aromatic N) is 2. The van der Waals surface area contributed by atoms with Crippen LogP contribution in [-0.4, -0.2) is 36.9 Å². The lowest BCUT2D eigenvalue weighted by Gasteiger charge is -2.17. The van der Waals surface area contributed by atoms with Crippen LogP contribution >= 0.6 is 0 Å². The van der Waals surface area contributed by atoms with Gasteiger partial charge in [0.05, 0.1) is 23.9 Å². The molecular formula is C13H12N2O4S. The topological polar surface area (TPSA) is 98.5 Å². The quantitative estimate of drug-likeness (QED) is 0.766. The molecule has 0 atom stereocenters. The predicted molar refractivity (Wildman–Crippen MR) is 71.8 cm³/mol. The molecule has 0 spiro atoms. The minimum absolute atomic E-state index is 0.313. The Bertz CT molecular complexity index is 683. The molecule has 1 N–H and O–H groups in total. The van der Waals surface area contributed by atoms with E-state index in [4.69, 9.17) is 16.8 Å². The molecule has 0 aliphatic heterocycles. The number of hydrogen-bond donors (Lipinski definition) is 1. The van der Waals surface area contributed by atoms with Crippen molar-refractivity contribution in [3.63, 3.8) is 0 Å².